The zero-order chi connectivity index (χ0) is 16.1. The molecule has 0 unspecified atom stereocenters. The van der Waals surface area contributed by atoms with Crippen LogP contribution in [0.3, 0.4) is 0 Å². The summed E-state index contributed by atoms with van der Waals surface area (Å²) in [5.41, 5.74) is 1.27. The molecule has 1 aromatic rings. The summed E-state index contributed by atoms with van der Waals surface area (Å²) in [6, 6.07) is 2.03. The van der Waals surface area contributed by atoms with E-state index in [1.165, 1.54) is 10.4 Å². The highest BCUT2D eigenvalue weighted by molar-refractivity contribution is 7.14. The fourth-order valence-corrected chi connectivity index (χ4v) is 3.78. The minimum Gasteiger partial charge on any atom is -0.355 e. The van der Waals surface area contributed by atoms with Gasteiger partial charge in [0.1, 0.15) is 0 Å². The summed E-state index contributed by atoms with van der Waals surface area (Å²) >= 11 is 1.59. The number of aryl methyl sites for hydroxylation is 2. The predicted octanol–water partition coefficient (Wildman–Crippen LogP) is 1.51. The number of likely N-dealkylation sites (N-methyl/N-ethyl adjacent to an activating group) is 1. The van der Waals surface area contributed by atoms with Gasteiger partial charge < -0.3 is 10.2 Å². The van der Waals surface area contributed by atoms with Gasteiger partial charge in [0.25, 0.3) is 5.91 Å². The highest BCUT2D eigenvalue weighted by atomic mass is 32.1. The second kappa shape index (κ2) is 7.74. The summed E-state index contributed by atoms with van der Waals surface area (Å²) in [7, 11) is 0. The van der Waals surface area contributed by atoms with Crippen molar-refractivity contribution in [3.63, 3.8) is 0 Å². The van der Waals surface area contributed by atoms with Gasteiger partial charge in [-0.1, -0.05) is 6.92 Å². The van der Waals surface area contributed by atoms with Crippen LogP contribution in [0.15, 0.2) is 6.07 Å². The average Bonchev–Trinajstić information content (AvgIpc) is 2.88. The summed E-state index contributed by atoms with van der Waals surface area (Å²) in [5, 5.41) is 2.81. The van der Waals surface area contributed by atoms with Crippen LogP contribution in [0.25, 0.3) is 0 Å². The first-order valence-corrected chi connectivity index (χ1v) is 8.74. The van der Waals surface area contributed by atoms with Gasteiger partial charge in [-0.05, 0) is 31.9 Å². The van der Waals surface area contributed by atoms with Crippen LogP contribution in [-0.2, 0) is 11.2 Å². The van der Waals surface area contributed by atoms with Crippen LogP contribution >= 0.6 is 11.3 Å². The standard InChI is InChI=1S/C16H25N3O2S/c1-4-13-10-14(22-12(13)3)16(21)19-8-6-18(7-9-19)11-15(20)17-5-2/h10H,4-9,11H2,1-3H3,(H,17,20). The molecule has 0 saturated carbocycles. The van der Waals surface area contributed by atoms with E-state index in [-0.39, 0.29) is 11.8 Å². The molecule has 0 bridgehead atoms. The Morgan fingerprint density at radius 2 is 1.91 bits per heavy atom. The van der Waals surface area contributed by atoms with Gasteiger partial charge in [-0.25, -0.2) is 0 Å². The van der Waals surface area contributed by atoms with Crippen molar-refractivity contribution in [3.05, 3.63) is 21.4 Å². The molecule has 1 aliphatic rings. The first-order chi connectivity index (χ1) is 10.5. The lowest BCUT2D eigenvalue weighted by atomic mass is 10.2. The Morgan fingerprint density at radius 3 is 2.45 bits per heavy atom. The van der Waals surface area contributed by atoms with Gasteiger partial charge in [-0.2, -0.15) is 0 Å². The molecule has 1 aromatic heterocycles. The maximum Gasteiger partial charge on any atom is 0.264 e. The third-order valence-corrected chi connectivity index (χ3v) is 5.09. The van der Waals surface area contributed by atoms with Crippen molar-refractivity contribution in [2.24, 2.45) is 0 Å². The summed E-state index contributed by atoms with van der Waals surface area (Å²) < 4.78 is 0. The third kappa shape index (κ3) is 4.08. The molecule has 22 heavy (non-hydrogen) atoms. The van der Waals surface area contributed by atoms with Crippen LogP contribution in [0.4, 0.5) is 0 Å². The van der Waals surface area contributed by atoms with E-state index in [1.807, 2.05) is 17.9 Å². The number of nitrogens with one attached hydrogen (secondary N) is 1. The lowest BCUT2D eigenvalue weighted by Gasteiger charge is -2.34. The van der Waals surface area contributed by atoms with Crippen LogP contribution in [0.5, 0.6) is 0 Å². The van der Waals surface area contributed by atoms with Crippen LogP contribution < -0.4 is 5.32 Å². The zero-order valence-corrected chi connectivity index (χ0v) is 14.5. The number of hydrogen-bond donors (Lipinski definition) is 1. The first kappa shape index (κ1) is 17.0. The van der Waals surface area contributed by atoms with Gasteiger partial charge in [0.15, 0.2) is 0 Å². The SMILES string of the molecule is CCNC(=O)CN1CCN(C(=O)c2cc(CC)c(C)s2)CC1. The summed E-state index contributed by atoms with van der Waals surface area (Å²) in [6.45, 7) is 10.1. The molecule has 1 fully saturated rings. The van der Waals surface area contributed by atoms with E-state index in [0.29, 0.717) is 26.2 Å². The Balaban J connectivity index is 1.88. The fraction of sp³-hybridized carbons (Fsp3) is 0.625. The number of hydrogen-bond acceptors (Lipinski definition) is 4. The second-order valence-electron chi connectivity index (χ2n) is 5.57. The maximum atomic E-state index is 12.6. The van der Waals surface area contributed by atoms with Crippen LogP contribution in [0, 0.1) is 6.92 Å². The smallest absolute Gasteiger partial charge is 0.264 e. The van der Waals surface area contributed by atoms with Crippen LogP contribution in [-0.4, -0.2) is 60.9 Å². The lowest BCUT2D eigenvalue weighted by Crippen LogP contribution is -2.51. The average molecular weight is 323 g/mol. The Hall–Kier alpha value is -1.40. The van der Waals surface area contributed by atoms with Gasteiger partial charge in [-0.3, -0.25) is 14.5 Å². The monoisotopic (exact) mass is 323 g/mol. The van der Waals surface area contributed by atoms with Crippen molar-refractivity contribution in [2.75, 3.05) is 39.3 Å². The molecular weight excluding hydrogens is 298 g/mol. The number of amides is 2. The molecule has 1 saturated heterocycles. The van der Waals surface area contributed by atoms with Gasteiger partial charge in [0.05, 0.1) is 11.4 Å². The molecule has 0 aliphatic carbocycles. The van der Waals surface area contributed by atoms with E-state index >= 15 is 0 Å². The van der Waals surface area contributed by atoms with E-state index in [1.54, 1.807) is 11.3 Å². The minimum absolute atomic E-state index is 0.0590. The molecule has 6 heteroatoms. The molecule has 2 rings (SSSR count). The molecule has 5 nitrogen and oxygen atoms in total. The number of carbonyl (C=O) groups is 2. The van der Waals surface area contributed by atoms with Crippen molar-refractivity contribution in [2.45, 2.75) is 27.2 Å². The molecule has 0 atom stereocenters. The van der Waals surface area contributed by atoms with Crippen molar-refractivity contribution < 1.29 is 9.59 Å². The van der Waals surface area contributed by atoms with Crippen LogP contribution in [0.2, 0.25) is 0 Å². The number of piperazine rings is 1. The maximum absolute atomic E-state index is 12.6. The van der Waals surface area contributed by atoms with Crippen molar-refractivity contribution in [1.82, 2.24) is 15.1 Å². The van der Waals surface area contributed by atoms with E-state index < -0.39 is 0 Å². The molecular formula is C16H25N3O2S. The van der Waals surface area contributed by atoms with E-state index in [4.69, 9.17) is 0 Å². The second-order valence-corrected chi connectivity index (χ2v) is 6.82. The van der Waals surface area contributed by atoms with Gasteiger partial charge in [-0.15, -0.1) is 11.3 Å². The van der Waals surface area contributed by atoms with E-state index in [2.05, 4.69) is 24.1 Å². The number of carbonyl (C=O) groups excluding carboxylic acids is 2. The van der Waals surface area contributed by atoms with Gasteiger partial charge in [0.2, 0.25) is 5.91 Å². The molecule has 1 N–H and O–H groups in total. The summed E-state index contributed by atoms with van der Waals surface area (Å²) in [5.74, 6) is 0.189. The molecule has 0 aromatic carbocycles. The predicted molar refractivity (Wildman–Crippen MR) is 89.5 cm³/mol. The first-order valence-electron chi connectivity index (χ1n) is 7.92. The quantitative estimate of drug-likeness (QED) is 0.894. The van der Waals surface area contributed by atoms with Crippen molar-refractivity contribution >= 4 is 23.2 Å². The molecule has 2 heterocycles. The highest BCUT2D eigenvalue weighted by Gasteiger charge is 2.24. The van der Waals surface area contributed by atoms with Gasteiger partial charge in [0, 0.05) is 37.6 Å². The minimum atomic E-state index is 0.0590. The lowest BCUT2D eigenvalue weighted by molar-refractivity contribution is -0.122. The molecule has 0 radical (unpaired) electrons. The zero-order valence-electron chi connectivity index (χ0n) is 13.6. The Labute approximate surface area is 136 Å². The van der Waals surface area contributed by atoms with E-state index in [0.717, 1.165) is 24.4 Å². The fourth-order valence-electron chi connectivity index (χ4n) is 2.70. The molecule has 1 aliphatic heterocycles. The largest absolute Gasteiger partial charge is 0.355 e. The Morgan fingerprint density at radius 1 is 1.23 bits per heavy atom. The number of thiophene rings is 1. The Bertz CT molecular complexity index is 533. The third-order valence-electron chi connectivity index (χ3n) is 4.01. The number of rotatable bonds is 5. The Kier molecular flexibility index (Phi) is 5.97. The highest BCUT2D eigenvalue weighted by Crippen LogP contribution is 2.23. The summed E-state index contributed by atoms with van der Waals surface area (Å²) in [4.78, 5) is 30.2. The molecule has 2 amide bonds. The number of nitrogens with zero attached hydrogens (tertiary/aromatic N) is 2. The normalized spacial score (nSPS) is 15.9. The topological polar surface area (TPSA) is 52.7 Å². The summed E-state index contributed by atoms with van der Waals surface area (Å²) in [6.07, 6.45) is 0.968. The van der Waals surface area contributed by atoms with E-state index in [9.17, 15) is 9.59 Å². The van der Waals surface area contributed by atoms with Crippen molar-refractivity contribution in [3.8, 4) is 0 Å². The van der Waals surface area contributed by atoms with Crippen molar-refractivity contribution in [1.29, 1.82) is 0 Å². The molecule has 122 valence electrons. The van der Waals surface area contributed by atoms with Gasteiger partial charge >= 0.3 is 0 Å². The van der Waals surface area contributed by atoms with Crippen LogP contribution in [0.1, 0.15) is 34.0 Å². The molecule has 0 spiro atoms.